The minimum atomic E-state index is -0.220. The van der Waals surface area contributed by atoms with Gasteiger partial charge in [-0.3, -0.25) is 33.6 Å². The Balaban J connectivity index is 0.000000913. The fourth-order valence-corrected chi connectivity index (χ4v) is 20.9. The molecule has 834 valence electrons. The molecule has 5 N–H and O–H groups in total. The molecule has 5 rings (SSSR count). The van der Waals surface area contributed by atoms with Gasteiger partial charge in [0.25, 0.3) is 0 Å². The average molecular weight is 2030 g/mol. The second kappa shape index (κ2) is 103. The van der Waals surface area contributed by atoms with Crippen LogP contribution in [0, 0.1) is 44.4 Å². The number of esters is 1. The van der Waals surface area contributed by atoms with Crippen molar-refractivity contribution >= 4 is 40.7 Å². The first kappa shape index (κ1) is 137. The largest absolute Gasteiger partial charge is 0.463 e. The summed E-state index contributed by atoms with van der Waals surface area (Å²) in [4.78, 5) is 85.1. The van der Waals surface area contributed by atoms with Crippen LogP contribution in [0.2, 0.25) is 0 Å². The molecular formula is C131H226O14. The Hall–Kier alpha value is -5.61. The zero-order valence-electron chi connectivity index (χ0n) is 95.3. The first-order valence-electron chi connectivity index (χ1n) is 61.4. The molecule has 0 radical (unpaired) electrons. The number of carbonyl (C=O) groups excluding carboxylic acids is 7. The maximum absolute atomic E-state index is 13.6. The Bertz CT molecular complexity index is 3520. The molecule has 14 heteroatoms. The van der Waals surface area contributed by atoms with E-state index in [4.69, 9.17) is 35.0 Å². The number of carbonyl (C=O) groups is 7. The van der Waals surface area contributed by atoms with E-state index in [1.807, 2.05) is 24.3 Å². The molecule has 0 aromatic heterocycles. The SMILES string of the molecule is CCCCCCC1C=CC(CCCCCCCC(=O)CCCO)C2C(=O)c3ccccc3C(=O)C12.CCCCCCCC/C=C\CCCCCCCC(=O)OCCOCCO.CCCCCCCCCC(CCCCCCCC(=O)CCCO)c1cc(C)c(C)c(C)c1.CCCCCCCCCC(CCCCCCCC(=O)CCCO)c1ccccc1.CCCCCCCCCCCCCCCCCC(=O)CCCO. The quantitative estimate of drug-likeness (QED) is 0.0201. The van der Waals surface area contributed by atoms with Gasteiger partial charge in [-0.1, -0.05) is 460 Å². The molecular weight excluding hydrogens is 1800 g/mol. The summed E-state index contributed by atoms with van der Waals surface area (Å²) >= 11 is 0. The lowest BCUT2D eigenvalue weighted by Gasteiger charge is -2.41. The molecule has 0 bridgehead atoms. The van der Waals surface area contributed by atoms with E-state index in [9.17, 15) is 33.6 Å². The van der Waals surface area contributed by atoms with Gasteiger partial charge in [0.15, 0.2) is 11.6 Å². The number of benzene rings is 3. The second-order valence-electron chi connectivity index (χ2n) is 43.3. The number of Topliss-reactive ketones (excluding diaryl/α,β-unsaturated/α-hetero) is 6. The lowest BCUT2D eigenvalue weighted by Crippen LogP contribution is -2.45. The Morgan fingerprint density at radius 2 is 0.545 bits per heavy atom. The van der Waals surface area contributed by atoms with Gasteiger partial charge in [0.1, 0.15) is 29.7 Å². The van der Waals surface area contributed by atoms with Crippen LogP contribution in [0.1, 0.15) is 609 Å². The molecule has 0 heterocycles. The topological polar surface area (TPSA) is 239 Å². The van der Waals surface area contributed by atoms with Gasteiger partial charge in [0, 0.05) is 107 Å². The van der Waals surface area contributed by atoms with Gasteiger partial charge < -0.3 is 35.0 Å². The summed E-state index contributed by atoms with van der Waals surface area (Å²) in [5.41, 5.74) is 8.65. The molecule has 6 unspecified atom stereocenters. The lowest BCUT2D eigenvalue weighted by molar-refractivity contribution is -0.145. The van der Waals surface area contributed by atoms with Crippen LogP contribution in [0.5, 0.6) is 0 Å². The summed E-state index contributed by atoms with van der Waals surface area (Å²) in [6, 6.07) is 23.4. The number of ether oxygens (including phenoxy) is 2. The molecule has 14 nitrogen and oxygen atoms in total. The molecule has 6 atom stereocenters. The van der Waals surface area contributed by atoms with E-state index in [-0.39, 0.29) is 86.6 Å². The number of allylic oxidation sites excluding steroid dienone is 4. The predicted octanol–water partition coefficient (Wildman–Crippen LogP) is 36.2. The molecule has 145 heavy (non-hydrogen) atoms. The lowest BCUT2D eigenvalue weighted by atomic mass is 9.60. The molecule has 0 saturated carbocycles. The van der Waals surface area contributed by atoms with Gasteiger partial charge in [-0.25, -0.2) is 0 Å². The van der Waals surface area contributed by atoms with Crippen molar-refractivity contribution in [1.29, 1.82) is 0 Å². The molecule has 2 aliphatic rings. The smallest absolute Gasteiger partial charge is 0.305 e. The normalized spacial score (nSPS) is 14.5. The maximum atomic E-state index is 13.6. The minimum absolute atomic E-state index is 0.00284. The summed E-state index contributed by atoms with van der Waals surface area (Å²) in [6.07, 6.45) is 102. The van der Waals surface area contributed by atoms with E-state index in [0.717, 1.165) is 96.3 Å². The van der Waals surface area contributed by atoms with Crippen molar-refractivity contribution in [2.75, 3.05) is 52.9 Å². The van der Waals surface area contributed by atoms with Crippen LogP contribution in [0.15, 0.2) is 91.0 Å². The van der Waals surface area contributed by atoms with Gasteiger partial charge in [0.05, 0.1) is 19.8 Å². The summed E-state index contributed by atoms with van der Waals surface area (Å²) in [7, 11) is 0. The van der Waals surface area contributed by atoms with Crippen LogP contribution in [0.25, 0.3) is 0 Å². The highest BCUT2D eigenvalue weighted by Crippen LogP contribution is 2.46. The van der Waals surface area contributed by atoms with Crippen molar-refractivity contribution in [3.05, 3.63) is 130 Å². The highest BCUT2D eigenvalue weighted by atomic mass is 16.6. The monoisotopic (exact) mass is 2020 g/mol. The van der Waals surface area contributed by atoms with Crippen molar-refractivity contribution in [1.82, 2.24) is 0 Å². The molecule has 0 amide bonds. The number of ketones is 6. The molecule has 2 aliphatic carbocycles. The number of rotatable bonds is 95. The van der Waals surface area contributed by atoms with Crippen LogP contribution in [0.3, 0.4) is 0 Å². The summed E-state index contributed by atoms with van der Waals surface area (Å²) in [5.74, 6) is 2.70. The Labute approximate surface area is 891 Å². The van der Waals surface area contributed by atoms with Gasteiger partial charge in [-0.05, 0) is 194 Å². The van der Waals surface area contributed by atoms with Crippen LogP contribution < -0.4 is 0 Å². The van der Waals surface area contributed by atoms with Crippen molar-refractivity contribution in [3.63, 3.8) is 0 Å². The van der Waals surface area contributed by atoms with Crippen LogP contribution in [-0.2, 0) is 33.4 Å². The van der Waals surface area contributed by atoms with Crippen LogP contribution in [-0.4, -0.2) is 119 Å². The van der Waals surface area contributed by atoms with Gasteiger partial charge in [-0.2, -0.15) is 0 Å². The summed E-state index contributed by atoms with van der Waals surface area (Å²) < 4.78 is 10.1. The number of fused-ring (bicyclic) bond motifs is 2. The van der Waals surface area contributed by atoms with E-state index < -0.39 is 0 Å². The van der Waals surface area contributed by atoms with Crippen molar-refractivity contribution in [3.8, 4) is 0 Å². The molecule has 0 spiro atoms. The highest BCUT2D eigenvalue weighted by molar-refractivity contribution is 6.16. The molecule has 3 aromatic carbocycles. The van der Waals surface area contributed by atoms with E-state index >= 15 is 0 Å². The zero-order valence-corrected chi connectivity index (χ0v) is 95.3. The summed E-state index contributed by atoms with van der Waals surface area (Å²) in [5, 5.41) is 43.6. The first-order chi connectivity index (χ1) is 71.0. The van der Waals surface area contributed by atoms with E-state index in [0.29, 0.717) is 131 Å². The van der Waals surface area contributed by atoms with E-state index in [1.54, 1.807) is 5.56 Å². The number of hydrogen-bond acceptors (Lipinski definition) is 14. The highest BCUT2D eigenvalue weighted by Gasteiger charge is 2.48. The number of aliphatic hydroxyl groups is 5. The Morgan fingerprint density at radius 1 is 0.283 bits per heavy atom. The van der Waals surface area contributed by atoms with E-state index in [2.05, 4.69) is 122 Å². The Kier molecular flexibility index (Phi) is 97.4. The fraction of sp³-hybridized carbons (Fsp3) is 0.779. The van der Waals surface area contributed by atoms with Gasteiger partial charge in [-0.15, -0.1) is 0 Å². The second-order valence-corrected chi connectivity index (χ2v) is 43.3. The van der Waals surface area contributed by atoms with E-state index in [1.165, 1.54) is 363 Å². The number of aliphatic hydroxyl groups excluding tert-OH is 5. The predicted molar refractivity (Wildman–Crippen MR) is 615 cm³/mol. The van der Waals surface area contributed by atoms with Crippen molar-refractivity contribution in [2.45, 2.75) is 581 Å². The zero-order chi connectivity index (χ0) is 106. The van der Waals surface area contributed by atoms with Crippen LogP contribution >= 0.6 is 0 Å². The van der Waals surface area contributed by atoms with Crippen molar-refractivity contribution < 1.29 is 68.6 Å². The molecule has 0 aliphatic heterocycles. The number of aryl methyl sites for hydroxylation is 2. The van der Waals surface area contributed by atoms with Crippen LogP contribution in [0.4, 0.5) is 0 Å². The first-order valence-corrected chi connectivity index (χ1v) is 61.4. The van der Waals surface area contributed by atoms with Crippen molar-refractivity contribution in [2.24, 2.45) is 23.7 Å². The third-order valence-electron chi connectivity index (χ3n) is 30.3. The standard InChI is InChI=1S/C31H44O4.C30H52O2.C27H46O2.C22H42O4.C21H42O2/c1-2-3-4-8-14-23-20-21-24(15-9-6-5-7-10-16-25(33)17-13-22-32)29-28(23)30(34)26-18-11-12-19-27(26)31(29)35;1-5-6-7-8-9-11-14-18-28(29-23-25(2)27(4)26(3)24-29)19-15-12-10-13-16-20-30(32)21-17-22-31;1-2-3-4-5-6-8-12-18-25(26-20-14-11-15-21-26)19-13-9-7-10-16-22-27(29)23-17-24-28;1-2-3-4-5-6-7-8-9-10-11-12-13-14-15-16-17-22(24)26-21-20-25-19-18-23;1-2-3-4-5-6-7-8-9-10-11-12-13-14-15-16-18-21(23)19-17-20-22/h11-12,18-21,23-24,28-29,32H,2-10,13-17,22H2,1H3;23-24,28,31H,5-22H2,1-4H3;11,14-15,20-21,25,28H,2-10,12-13,16-19,22-24H2,1H3;9-10,23H,2-8,11-21H2,1H3;22H,2-20H2,1H3/b;;;10-9-;. The number of hydrogen-bond donors (Lipinski definition) is 5. The molecule has 0 fully saturated rings. The summed E-state index contributed by atoms with van der Waals surface area (Å²) in [6.45, 7) is 19.5. The van der Waals surface area contributed by atoms with Gasteiger partial charge >= 0.3 is 5.97 Å². The number of unbranched alkanes of at least 4 members (excludes halogenated alkanes) is 52. The third kappa shape index (κ3) is 78.2. The Morgan fingerprint density at radius 3 is 0.855 bits per heavy atom. The minimum Gasteiger partial charge on any atom is -0.463 e. The molecule has 3 aromatic rings. The third-order valence-corrected chi connectivity index (χ3v) is 30.3. The molecule has 0 saturated heterocycles. The fourth-order valence-electron chi connectivity index (χ4n) is 20.9. The van der Waals surface area contributed by atoms with Gasteiger partial charge in [0.2, 0.25) is 0 Å². The maximum Gasteiger partial charge on any atom is 0.305 e. The average Bonchev–Trinajstić information content (AvgIpc) is 0.741.